The molecule has 0 saturated heterocycles. The van der Waals surface area contributed by atoms with E-state index in [0.29, 0.717) is 18.5 Å². The number of ether oxygens (including phenoxy) is 1. The first-order chi connectivity index (χ1) is 10.2. The molecule has 1 fully saturated rings. The topological polar surface area (TPSA) is 50.4 Å². The lowest BCUT2D eigenvalue weighted by Crippen LogP contribution is -2.39. The Hall–Kier alpha value is -1.55. The summed E-state index contributed by atoms with van der Waals surface area (Å²) in [6.45, 7) is 2.56. The van der Waals surface area contributed by atoms with Gasteiger partial charge in [0.15, 0.2) is 0 Å². The van der Waals surface area contributed by atoms with Gasteiger partial charge in [-0.05, 0) is 49.9 Å². The number of amides is 1. The molecule has 1 aromatic carbocycles. The van der Waals surface area contributed by atoms with Gasteiger partial charge in [-0.15, -0.1) is 0 Å². The van der Waals surface area contributed by atoms with Crippen LogP contribution in [0.2, 0.25) is 0 Å². The zero-order chi connectivity index (χ0) is 15.1. The second-order valence-electron chi connectivity index (χ2n) is 5.84. The summed E-state index contributed by atoms with van der Waals surface area (Å²) in [5.74, 6) is 1.51. The van der Waals surface area contributed by atoms with Crippen LogP contribution in [0.15, 0.2) is 24.3 Å². The van der Waals surface area contributed by atoms with E-state index in [1.807, 2.05) is 24.3 Å². The van der Waals surface area contributed by atoms with E-state index in [0.717, 1.165) is 11.4 Å². The summed E-state index contributed by atoms with van der Waals surface area (Å²) in [6.07, 6.45) is 6.59. The van der Waals surface area contributed by atoms with Crippen LogP contribution < -0.4 is 15.4 Å². The zero-order valence-electron chi connectivity index (χ0n) is 13.0. The molecule has 2 N–H and O–H groups in total. The molecular weight excluding hydrogens is 264 g/mol. The molecule has 1 aliphatic carbocycles. The molecule has 0 aromatic heterocycles. The van der Waals surface area contributed by atoms with Crippen molar-refractivity contribution in [2.45, 2.75) is 45.1 Å². The summed E-state index contributed by atoms with van der Waals surface area (Å²) in [6, 6.07) is 7.79. The van der Waals surface area contributed by atoms with Crippen LogP contribution in [0.3, 0.4) is 0 Å². The quantitative estimate of drug-likeness (QED) is 0.846. The van der Waals surface area contributed by atoms with Gasteiger partial charge >= 0.3 is 0 Å². The molecule has 0 spiro atoms. The highest BCUT2D eigenvalue weighted by atomic mass is 16.5. The largest absolute Gasteiger partial charge is 0.497 e. The molecule has 1 amide bonds. The number of anilines is 1. The second kappa shape index (κ2) is 8.03. The first-order valence-corrected chi connectivity index (χ1v) is 7.86. The molecule has 116 valence electrons. The number of benzene rings is 1. The van der Waals surface area contributed by atoms with Gasteiger partial charge in [-0.25, -0.2) is 0 Å². The minimum atomic E-state index is 0.00262. The molecule has 0 radical (unpaired) electrons. The number of rotatable bonds is 6. The molecular formula is C17H26N2O2. The highest BCUT2D eigenvalue weighted by Gasteiger charge is 2.20. The molecule has 0 heterocycles. The fourth-order valence-corrected chi connectivity index (χ4v) is 2.93. The smallest absolute Gasteiger partial charge is 0.238 e. The Kier molecular flexibility index (Phi) is 6.05. The van der Waals surface area contributed by atoms with Crippen molar-refractivity contribution in [2.75, 3.05) is 19.0 Å². The van der Waals surface area contributed by atoms with Crippen LogP contribution in [0.1, 0.15) is 39.0 Å². The summed E-state index contributed by atoms with van der Waals surface area (Å²) in [4.78, 5) is 11.9. The summed E-state index contributed by atoms with van der Waals surface area (Å²) in [7, 11) is 1.63. The molecule has 1 aliphatic rings. The maximum atomic E-state index is 11.9. The average Bonchev–Trinajstić information content (AvgIpc) is 2.54. The van der Waals surface area contributed by atoms with Crippen LogP contribution in [-0.2, 0) is 4.79 Å². The molecule has 0 bridgehead atoms. The molecule has 1 saturated carbocycles. The van der Waals surface area contributed by atoms with Crippen LogP contribution in [0, 0.1) is 5.92 Å². The number of carbonyl (C=O) groups is 1. The zero-order valence-corrected chi connectivity index (χ0v) is 13.0. The summed E-state index contributed by atoms with van der Waals surface area (Å²) >= 11 is 0. The van der Waals surface area contributed by atoms with Crippen molar-refractivity contribution in [3.8, 4) is 5.75 Å². The summed E-state index contributed by atoms with van der Waals surface area (Å²) in [5.41, 5.74) is 0.799. The van der Waals surface area contributed by atoms with Crippen molar-refractivity contribution in [1.82, 2.24) is 5.32 Å². The molecule has 21 heavy (non-hydrogen) atoms. The van der Waals surface area contributed by atoms with Gasteiger partial charge in [-0.2, -0.15) is 0 Å². The Balaban J connectivity index is 1.73. The monoisotopic (exact) mass is 290 g/mol. The first kappa shape index (κ1) is 15.8. The fourth-order valence-electron chi connectivity index (χ4n) is 2.93. The highest BCUT2D eigenvalue weighted by molar-refractivity contribution is 5.92. The maximum absolute atomic E-state index is 11.9. The Labute approximate surface area is 127 Å². The number of methoxy groups -OCH3 is 1. The van der Waals surface area contributed by atoms with E-state index in [1.165, 1.54) is 32.1 Å². The predicted molar refractivity (Wildman–Crippen MR) is 85.7 cm³/mol. The number of nitrogens with one attached hydrogen (secondary N) is 2. The van der Waals surface area contributed by atoms with Crippen molar-refractivity contribution >= 4 is 11.6 Å². The SMILES string of the molecule is COc1ccc(NC(=O)CNC(C)C2CCCCC2)cc1. The van der Waals surface area contributed by atoms with Gasteiger partial charge < -0.3 is 15.4 Å². The predicted octanol–water partition coefficient (Wildman–Crippen LogP) is 3.19. The van der Waals surface area contributed by atoms with Crippen LogP contribution in [0.5, 0.6) is 5.75 Å². The Morgan fingerprint density at radius 2 is 1.90 bits per heavy atom. The summed E-state index contributed by atoms with van der Waals surface area (Å²) in [5, 5.41) is 6.25. The van der Waals surface area contributed by atoms with E-state index in [4.69, 9.17) is 4.74 Å². The minimum absolute atomic E-state index is 0.00262. The molecule has 0 aliphatic heterocycles. The standard InChI is InChI=1S/C17H26N2O2/c1-13(14-6-4-3-5-7-14)18-12-17(20)19-15-8-10-16(21-2)11-9-15/h8-11,13-14,18H,3-7,12H2,1-2H3,(H,19,20). The van der Waals surface area contributed by atoms with Crippen molar-refractivity contribution < 1.29 is 9.53 Å². The van der Waals surface area contributed by atoms with Crippen molar-refractivity contribution in [3.05, 3.63) is 24.3 Å². The lowest BCUT2D eigenvalue weighted by molar-refractivity contribution is -0.115. The lowest BCUT2D eigenvalue weighted by atomic mass is 9.84. The van der Waals surface area contributed by atoms with Gasteiger partial charge in [0.25, 0.3) is 0 Å². The van der Waals surface area contributed by atoms with Crippen LogP contribution >= 0.6 is 0 Å². The molecule has 2 rings (SSSR count). The van der Waals surface area contributed by atoms with Gasteiger partial charge in [0.1, 0.15) is 5.75 Å². The number of hydrogen-bond donors (Lipinski definition) is 2. The molecule has 1 unspecified atom stereocenters. The number of hydrogen-bond acceptors (Lipinski definition) is 3. The summed E-state index contributed by atoms with van der Waals surface area (Å²) < 4.78 is 5.10. The first-order valence-electron chi connectivity index (χ1n) is 7.86. The van der Waals surface area contributed by atoms with Gasteiger partial charge in [0.2, 0.25) is 5.91 Å². The molecule has 1 aromatic rings. The van der Waals surface area contributed by atoms with Crippen molar-refractivity contribution in [1.29, 1.82) is 0 Å². The lowest BCUT2D eigenvalue weighted by Gasteiger charge is -2.28. The Bertz CT molecular complexity index is 439. The van der Waals surface area contributed by atoms with E-state index in [2.05, 4.69) is 17.6 Å². The van der Waals surface area contributed by atoms with Crippen LogP contribution in [0.25, 0.3) is 0 Å². The van der Waals surface area contributed by atoms with E-state index in [1.54, 1.807) is 7.11 Å². The van der Waals surface area contributed by atoms with Gasteiger partial charge in [0.05, 0.1) is 13.7 Å². The fraction of sp³-hybridized carbons (Fsp3) is 0.588. The number of carbonyl (C=O) groups excluding carboxylic acids is 1. The molecule has 1 atom stereocenters. The van der Waals surface area contributed by atoms with E-state index < -0.39 is 0 Å². The maximum Gasteiger partial charge on any atom is 0.238 e. The molecule has 4 heteroatoms. The third-order valence-electron chi connectivity index (χ3n) is 4.32. The third-order valence-corrected chi connectivity index (χ3v) is 4.32. The van der Waals surface area contributed by atoms with E-state index >= 15 is 0 Å². The van der Waals surface area contributed by atoms with Crippen LogP contribution in [-0.4, -0.2) is 25.6 Å². The molecule has 4 nitrogen and oxygen atoms in total. The average molecular weight is 290 g/mol. The second-order valence-corrected chi connectivity index (χ2v) is 5.84. The van der Waals surface area contributed by atoms with Gasteiger partial charge in [0, 0.05) is 11.7 Å². The van der Waals surface area contributed by atoms with E-state index in [-0.39, 0.29) is 5.91 Å². The van der Waals surface area contributed by atoms with Gasteiger partial charge in [-0.3, -0.25) is 4.79 Å². The minimum Gasteiger partial charge on any atom is -0.497 e. The van der Waals surface area contributed by atoms with Crippen LogP contribution in [0.4, 0.5) is 5.69 Å². The normalized spacial score (nSPS) is 17.2. The Morgan fingerprint density at radius 3 is 2.52 bits per heavy atom. The van der Waals surface area contributed by atoms with Crippen molar-refractivity contribution in [2.24, 2.45) is 5.92 Å². The highest BCUT2D eigenvalue weighted by Crippen LogP contribution is 2.26. The van der Waals surface area contributed by atoms with Gasteiger partial charge in [-0.1, -0.05) is 19.3 Å². The third kappa shape index (κ3) is 5.05. The van der Waals surface area contributed by atoms with Crippen molar-refractivity contribution in [3.63, 3.8) is 0 Å². The van der Waals surface area contributed by atoms with E-state index in [9.17, 15) is 4.79 Å². The Morgan fingerprint density at radius 1 is 1.24 bits per heavy atom.